The van der Waals surface area contributed by atoms with Gasteiger partial charge < -0.3 is 15.3 Å². The van der Waals surface area contributed by atoms with E-state index >= 15 is 0 Å². The lowest BCUT2D eigenvalue weighted by Gasteiger charge is -2.60. The molecule has 3 saturated carbocycles. The van der Waals surface area contributed by atoms with Crippen LogP contribution in [0.5, 0.6) is 0 Å². The van der Waals surface area contributed by atoms with Crippen LogP contribution in [-0.4, -0.2) is 32.6 Å². The summed E-state index contributed by atoms with van der Waals surface area (Å²) in [6.07, 6.45) is 13.2. The zero-order valence-electron chi connectivity index (χ0n) is 23.5. The van der Waals surface area contributed by atoms with Crippen molar-refractivity contribution in [2.24, 2.45) is 45.8 Å². The van der Waals surface area contributed by atoms with Gasteiger partial charge in [-0.1, -0.05) is 53.2 Å². The first kappa shape index (κ1) is 26.7. The molecule has 0 unspecified atom stereocenters. The van der Waals surface area contributed by atoms with E-state index in [2.05, 4.69) is 47.6 Å². The van der Waals surface area contributed by atoms with E-state index in [1.165, 1.54) is 31.3 Å². The van der Waals surface area contributed by atoms with Gasteiger partial charge in [-0.05, 0) is 117 Å². The molecule has 0 aromatic carbocycles. The van der Waals surface area contributed by atoms with Gasteiger partial charge in [0.05, 0.1) is 17.3 Å². The molecule has 0 aliphatic heterocycles. The lowest BCUT2D eigenvalue weighted by molar-refractivity contribution is -0.158. The summed E-state index contributed by atoms with van der Waals surface area (Å²) in [5, 5.41) is 32.6. The van der Waals surface area contributed by atoms with Crippen molar-refractivity contribution in [1.29, 1.82) is 0 Å². The van der Waals surface area contributed by atoms with Crippen LogP contribution < -0.4 is 0 Å². The fourth-order valence-electron chi connectivity index (χ4n) is 9.20. The number of rotatable bonds is 5. The molecule has 0 spiro atoms. The van der Waals surface area contributed by atoms with Crippen molar-refractivity contribution in [2.75, 3.05) is 0 Å². The summed E-state index contributed by atoms with van der Waals surface area (Å²) in [7, 11) is 0. The molecule has 9 atom stereocenters. The van der Waals surface area contributed by atoms with Crippen molar-refractivity contribution >= 4 is 0 Å². The molecule has 0 radical (unpaired) electrons. The third-order valence-corrected chi connectivity index (χ3v) is 12.0. The molecule has 0 aromatic heterocycles. The Hall–Kier alpha value is -0.380. The summed E-state index contributed by atoms with van der Waals surface area (Å²) in [5.41, 5.74) is -0.0577. The van der Waals surface area contributed by atoms with E-state index < -0.39 is 11.2 Å². The van der Waals surface area contributed by atoms with Crippen LogP contribution in [0.3, 0.4) is 0 Å². The zero-order valence-corrected chi connectivity index (χ0v) is 23.5. The molecule has 0 heterocycles. The smallest absolute Gasteiger partial charge is 0.0965 e. The SMILES string of the molecule is C[C@H](CC[C@@H](O)C(C)(C)C)[C@H]1CC[C@H]2[C@@H]3CC=C4C[C@](O)(C(C)(C)O)CC[C@]4(C)[C@H]3CC[C@]12C. The molecule has 4 aliphatic carbocycles. The number of hydrogen-bond donors (Lipinski definition) is 3. The Morgan fingerprint density at radius 2 is 1.65 bits per heavy atom. The minimum absolute atomic E-state index is 0.0289. The molecule has 0 aromatic rings. The third-order valence-electron chi connectivity index (χ3n) is 12.0. The highest BCUT2D eigenvalue weighted by molar-refractivity contribution is 5.28. The Bertz CT molecular complexity index is 787. The molecule has 34 heavy (non-hydrogen) atoms. The van der Waals surface area contributed by atoms with E-state index in [1.54, 1.807) is 13.8 Å². The fourth-order valence-corrected chi connectivity index (χ4v) is 9.20. The van der Waals surface area contributed by atoms with Gasteiger partial charge in [0.15, 0.2) is 0 Å². The van der Waals surface area contributed by atoms with Gasteiger partial charge in [-0.2, -0.15) is 0 Å². The summed E-state index contributed by atoms with van der Waals surface area (Å²) in [5.74, 6) is 3.73. The number of allylic oxidation sites excluding steroid dienone is 1. The predicted octanol–water partition coefficient (Wildman–Crippen LogP) is 6.89. The van der Waals surface area contributed by atoms with Crippen LogP contribution in [-0.2, 0) is 0 Å². The molecule has 3 nitrogen and oxygen atoms in total. The Kier molecular flexibility index (Phi) is 6.74. The Morgan fingerprint density at radius 3 is 2.26 bits per heavy atom. The van der Waals surface area contributed by atoms with E-state index in [1.807, 2.05) is 0 Å². The quantitative estimate of drug-likeness (QED) is 0.380. The second-order valence-electron chi connectivity index (χ2n) is 15.2. The van der Waals surface area contributed by atoms with E-state index in [0.717, 1.165) is 43.4 Å². The minimum Gasteiger partial charge on any atom is -0.393 e. The molecule has 3 heteroatoms. The first-order chi connectivity index (χ1) is 15.5. The minimum atomic E-state index is -1.06. The van der Waals surface area contributed by atoms with Gasteiger partial charge in [0.25, 0.3) is 0 Å². The second-order valence-corrected chi connectivity index (χ2v) is 15.2. The van der Waals surface area contributed by atoms with E-state index in [9.17, 15) is 15.3 Å². The van der Waals surface area contributed by atoms with E-state index in [-0.39, 0.29) is 16.9 Å². The van der Waals surface area contributed by atoms with Gasteiger partial charge in [-0.3, -0.25) is 0 Å². The molecule has 0 saturated heterocycles. The molecular weight excluding hydrogens is 420 g/mol. The van der Waals surface area contributed by atoms with Gasteiger partial charge in [0, 0.05) is 6.42 Å². The van der Waals surface area contributed by atoms with Gasteiger partial charge in [0.1, 0.15) is 0 Å². The first-order valence-corrected chi connectivity index (χ1v) is 14.4. The molecule has 196 valence electrons. The second kappa shape index (κ2) is 8.59. The molecule has 4 rings (SSSR count). The van der Waals surface area contributed by atoms with Crippen molar-refractivity contribution in [3.63, 3.8) is 0 Å². The van der Waals surface area contributed by atoms with Crippen LogP contribution >= 0.6 is 0 Å². The van der Waals surface area contributed by atoms with E-state index in [4.69, 9.17) is 0 Å². The molecule has 3 fully saturated rings. The maximum atomic E-state index is 11.3. The number of aliphatic hydroxyl groups excluding tert-OH is 1. The van der Waals surface area contributed by atoms with Crippen LogP contribution in [0.1, 0.15) is 120 Å². The number of hydrogen-bond acceptors (Lipinski definition) is 3. The zero-order chi connectivity index (χ0) is 25.3. The fraction of sp³-hybridized carbons (Fsp3) is 0.935. The summed E-state index contributed by atoms with van der Waals surface area (Å²) in [4.78, 5) is 0. The van der Waals surface area contributed by atoms with Crippen molar-refractivity contribution < 1.29 is 15.3 Å². The summed E-state index contributed by atoms with van der Waals surface area (Å²) >= 11 is 0. The van der Waals surface area contributed by atoms with Gasteiger partial charge in [-0.15, -0.1) is 0 Å². The van der Waals surface area contributed by atoms with Crippen molar-refractivity contribution in [3.8, 4) is 0 Å². The van der Waals surface area contributed by atoms with Gasteiger partial charge >= 0.3 is 0 Å². The van der Waals surface area contributed by atoms with Crippen molar-refractivity contribution in [2.45, 2.75) is 137 Å². The lowest BCUT2D eigenvalue weighted by Crippen LogP contribution is -2.57. The lowest BCUT2D eigenvalue weighted by atomic mass is 9.45. The Labute approximate surface area is 209 Å². The van der Waals surface area contributed by atoms with E-state index in [0.29, 0.717) is 30.1 Å². The number of aliphatic hydroxyl groups is 3. The summed E-state index contributed by atoms with van der Waals surface area (Å²) < 4.78 is 0. The van der Waals surface area contributed by atoms with Crippen molar-refractivity contribution in [3.05, 3.63) is 11.6 Å². The normalized spacial score (nSPS) is 44.5. The molecule has 4 aliphatic rings. The number of fused-ring (bicyclic) bond motifs is 5. The third kappa shape index (κ3) is 4.24. The average Bonchev–Trinajstić information content (AvgIpc) is 3.08. The molecule has 0 bridgehead atoms. The molecule has 0 amide bonds. The highest BCUT2D eigenvalue weighted by atomic mass is 16.4. The maximum absolute atomic E-state index is 11.3. The van der Waals surface area contributed by atoms with Crippen molar-refractivity contribution in [1.82, 2.24) is 0 Å². The Balaban J connectivity index is 1.49. The molecule has 3 N–H and O–H groups in total. The van der Waals surface area contributed by atoms with Crippen LogP contribution in [0.2, 0.25) is 0 Å². The van der Waals surface area contributed by atoms with Crippen LogP contribution in [0.25, 0.3) is 0 Å². The van der Waals surface area contributed by atoms with Crippen LogP contribution in [0.4, 0.5) is 0 Å². The van der Waals surface area contributed by atoms with Gasteiger partial charge in [-0.25, -0.2) is 0 Å². The highest BCUT2D eigenvalue weighted by Crippen LogP contribution is 2.68. The highest BCUT2D eigenvalue weighted by Gasteiger charge is 2.61. The van der Waals surface area contributed by atoms with Crippen LogP contribution in [0, 0.1) is 45.8 Å². The Morgan fingerprint density at radius 1 is 0.971 bits per heavy atom. The maximum Gasteiger partial charge on any atom is 0.0965 e. The molecular formula is C31H54O3. The van der Waals surface area contributed by atoms with Crippen LogP contribution in [0.15, 0.2) is 11.6 Å². The topological polar surface area (TPSA) is 60.7 Å². The standard InChI is InChI=1S/C31H54O3/c1-20(9-14-26(32)27(2,3)4)23-12-13-24-22-11-10-21-19-31(34,28(5,6)33)18-17-29(21,7)25(22)15-16-30(23,24)8/h10,20,22-26,32-34H,9,11-19H2,1-8H3/t20-,22+,23-,24+,25+,26-,29+,30-,31+/m1/s1. The largest absolute Gasteiger partial charge is 0.393 e. The predicted molar refractivity (Wildman–Crippen MR) is 140 cm³/mol. The average molecular weight is 475 g/mol. The summed E-state index contributed by atoms with van der Waals surface area (Å²) in [6.45, 7) is 17.5. The first-order valence-electron chi connectivity index (χ1n) is 14.4. The monoisotopic (exact) mass is 474 g/mol. The van der Waals surface area contributed by atoms with Gasteiger partial charge in [0.2, 0.25) is 0 Å². The summed E-state index contributed by atoms with van der Waals surface area (Å²) in [6, 6.07) is 0.